The molecular formula is C16H24N4O4S. The average molecular weight is 368 g/mol. The molecule has 1 aromatic carbocycles. The van der Waals surface area contributed by atoms with Crippen LogP contribution in [-0.4, -0.2) is 75.3 Å². The molecule has 2 rings (SSSR count). The van der Waals surface area contributed by atoms with Crippen LogP contribution in [0.1, 0.15) is 6.92 Å². The Morgan fingerprint density at radius 1 is 1.00 bits per heavy atom. The molecule has 0 spiro atoms. The van der Waals surface area contributed by atoms with Crippen molar-refractivity contribution in [2.24, 2.45) is 0 Å². The van der Waals surface area contributed by atoms with Gasteiger partial charge in [-0.1, -0.05) is 18.2 Å². The summed E-state index contributed by atoms with van der Waals surface area (Å²) in [4.78, 5) is 25.3. The number of sulfonamides is 1. The van der Waals surface area contributed by atoms with Crippen molar-refractivity contribution in [3.8, 4) is 0 Å². The van der Waals surface area contributed by atoms with E-state index in [4.69, 9.17) is 0 Å². The number of rotatable bonds is 7. The Morgan fingerprint density at radius 3 is 2.24 bits per heavy atom. The zero-order valence-corrected chi connectivity index (χ0v) is 15.1. The molecule has 1 saturated heterocycles. The minimum atomic E-state index is -3.49. The number of likely N-dealkylation sites (N-methyl/N-ethyl adjacent to an activating group) is 1. The lowest BCUT2D eigenvalue weighted by Gasteiger charge is -2.33. The van der Waals surface area contributed by atoms with Crippen LogP contribution in [0.4, 0.5) is 0 Å². The highest BCUT2D eigenvalue weighted by Crippen LogP contribution is 2.16. The van der Waals surface area contributed by atoms with Crippen LogP contribution in [0.15, 0.2) is 35.2 Å². The van der Waals surface area contributed by atoms with Gasteiger partial charge in [0.25, 0.3) is 0 Å². The van der Waals surface area contributed by atoms with Crippen molar-refractivity contribution < 1.29 is 18.0 Å². The molecule has 1 heterocycles. The molecule has 0 radical (unpaired) electrons. The molecule has 0 aromatic heterocycles. The van der Waals surface area contributed by atoms with E-state index in [0.717, 1.165) is 0 Å². The fourth-order valence-corrected chi connectivity index (χ4v) is 4.01. The summed E-state index contributed by atoms with van der Waals surface area (Å²) in [6, 6.07) is 8.33. The molecule has 25 heavy (non-hydrogen) atoms. The molecule has 0 atom stereocenters. The fraction of sp³-hybridized carbons (Fsp3) is 0.500. The SMILES string of the molecule is CCNC(=O)CNC(=O)CN1CCN(S(=O)(=O)c2ccccc2)CC1. The second-order valence-electron chi connectivity index (χ2n) is 5.72. The van der Waals surface area contributed by atoms with E-state index in [1.807, 2.05) is 11.8 Å². The first-order valence-corrected chi connectivity index (χ1v) is 9.68. The van der Waals surface area contributed by atoms with E-state index in [1.54, 1.807) is 30.3 Å². The smallest absolute Gasteiger partial charge is 0.243 e. The van der Waals surface area contributed by atoms with Crippen LogP contribution >= 0.6 is 0 Å². The topological polar surface area (TPSA) is 98.8 Å². The zero-order chi connectivity index (χ0) is 18.3. The molecule has 1 aliphatic heterocycles. The summed E-state index contributed by atoms with van der Waals surface area (Å²) in [6.45, 7) is 4.05. The Kier molecular flexibility index (Phi) is 6.91. The average Bonchev–Trinajstić information content (AvgIpc) is 2.61. The lowest BCUT2D eigenvalue weighted by Crippen LogP contribution is -2.51. The first-order valence-electron chi connectivity index (χ1n) is 8.24. The van der Waals surface area contributed by atoms with E-state index in [9.17, 15) is 18.0 Å². The largest absolute Gasteiger partial charge is 0.355 e. The highest BCUT2D eigenvalue weighted by atomic mass is 32.2. The van der Waals surface area contributed by atoms with Crippen LogP contribution in [0.2, 0.25) is 0 Å². The monoisotopic (exact) mass is 368 g/mol. The number of amides is 2. The number of nitrogens with zero attached hydrogens (tertiary/aromatic N) is 2. The van der Waals surface area contributed by atoms with Gasteiger partial charge in [0.2, 0.25) is 21.8 Å². The first kappa shape index (κ1) is 19.4. The summed E-state index contributed by atoms with van der Waals surface area (Å²) in [5.74, 6) is -0.472. The number of benzene rings is 1. The van der Waals surface area contributed by atoms with Gasteiger partial charge in [-0.15, -0.1) is 0 Å². The van der Waals surface area contributed by atoms with Crippen molar-refractivity contribution in [3.63, 3.8) is 0 Å². The third kappa shape index (κ3) is 5.52. The second kappa shape index (κ2) is 8.93. The van der Waals surface area contributed by atoms with E-state index in [1.165, 1.54) is 4.31 Å². The zero-order valence-electron chi connectivity index (χ0n) is 14.3. The predicted molar refractivity (Wildman–Crippen MR) is 93.3 cm³/mol. The molecule has 0 saturated carbocycles. The molecule has 2 amide bonds. The van der Waals surface area contributed by atoms with Crippen molar-refractivity contribution >= 4 is 21.8 Å². The highest BCUT2D eigenvalue weighted by Gasteiger charge is 2.28. The molecule has 9 heteroatoms. The second-order valence-corrected chi connectivity index (χ2v) is 7.66. The van der Waals surface area contributed by atoms with E-state index in [2.05, 4.69) is 10.6 Å². The maximum Gasteiger partial charge on any atom is 0.243 e. The summed E-state index contributed by atoms with van der Waals surface area (Å²) in [5, 5.41) is 5.16. The van der Waals surface area contributed by atoms with E-state index < -0.39 is 10.0 Å². The molecular weight excluding hydrogens is 344 g/mol. The summed E-state index contributed by atoms with van der Waals surface area (Å²) in [7, 11) is -3.49. The maximum absolute atomic E-state index is 12.5. The fourth-order valence-electron chi connectivity index (χ4n) is 2.57. The molecule has 1 aliphatic rings. The Bertz CT molecular complexity index is 685. The van der Waals surface area contributed by atoms with Gasteiger partial charge < -0.3 is 10.6 Å². The molecule has 0 bridgehead atoms. The predicted octanol–water partition coefficient (Wildman–Crippen LogP) is -0.755. The van der Waals surface area contributed by atoms with Crippen LogP contribution in [0.25, 0.3) is 0 Å². The molecule has 8 nitrogen and oxygen atoms in total. The minimum absolute atomic E-state index is 0.0466. The molecule has 1 aromatic rings. The van der Waals surface area contributed by atoms with Crippen LogP contribution in [0.5, 0.6) is 0 Å². The molecule has 1 fully saturated rings. The van der Waals surface area contributed by atoms with Gasteiger partial charge in [0.05, 0.1) is 18.0 Å². The Morgan fingerprint density at radius 2 is 1.64 bits per heavy atom. The lowest BCUT2D eigenvalue weighted by molar-refractivity contribution is -0.126. The van der Waals surface area contributed by atoms with Crippen LogP contribution in [0, 0.1) is 0 Å². The van der Waals surface area contributed by atoms with Crippen LogP contribution in [0.3, 0.4) is 0 Å². The normalized spacial score (nSPS) is 16.4. The van der Waals surface area contributed by atoms with Gasteiger partial charge in [-0.3, -0.25) is 14.5 Å². The van der Waals surface area contributed by atoms with Gasteiger partial charge in [-0.25, -0.2) is 8.42 Å². The van der Waals surface area contributed by atoms with Gasteiger partial charge in [0.1, 0.15) is 0 Å². The van der Waals surface area contributed by atoms with Crippen molar-refractivity contribution in [3.05, 3.63) is 30.3 Å². The van der Waals surface area contributed by atoms with Crippen LogP contribution < -0.4 is 10.6 Å². The van der Waals surface area contributed by atoms with E-state index >= 15 is 0 Å². The summed E-state index contributed by atoms with van der Waals surface area (Å²) in [6.07, 6.45) is 0. The number of piperazine rings is 1. The number of hydrogen-bond donors (Lipinski definition) is 2. The quantitative estimate of drug-likeness (QED) is 0.660. The van der Waals surface area contributed by atoms with Crippen molar-refractivity contribution in [2.45, 2.75) is 11.8 Å². The lowest BCUT2D eigenvalue weighted by atomic mass is 10.3. The van der Waals surface area contributed by atoms with Gasteiger partial charge in [0, 0.05) is 32.7 Å². The van der Waals surface area contributed by atoms with Gasteiger partial charge in [-0.05, 0) is 19.1 Å². The van der Waals surface area contributed by atoms with Gasteiger partial charge in [0.15, 0.2) is 0 Å². The van der Waals surface area contributed by atoms with Crippen molar-refractivity contribution in [1.82, 2.24) is 19.8 Å². The van der Waals surface area contributed by atoms with Gasteiger partial charge >= 0.3 is 0 Å². The molecule has 2 N–H and O–H groups in total. The molecule has 138 valence electrons. The highest BCUT2D eigenvalue weighted by molar-refractivity contribution is 7.89. The Balaban J connectivity index is 1.80. The standard InChI is InChI=1S/C16H24N4O4S/c1-2-17-15(21)12-18-16(22)13-19-8-10-20(11-9-19)25(23,24)14-6-4-3-5-7-14/h3-7H,2,8-13H2,1H3,(H,17,21)(H,18,22). The summed E-state index contributed by atoms with van der Waals surface area (Å²) in [5.41, 5.74) is 0. The number of hydrogen-bond acceptors (Lipinski definition) is 5. The Labute approximate surface area is 148 Å². The number of nitrogens with one attached hydrogen (secondary N) is 2. The minimum Gasteiger partial charge on any atom is -0.355 e. The Hall–Kier alpha value is -1.97. The third-order valence-electron chi connectivity index (χ3n) is 3.90. The summed E-state index contributed by atoms with van der Waals surface area (Å²) < 4.78 is 26.5. The van der Waals surface area contributed by atoms with Crippen molar-refractivity contribution in [1.29, 1.82) is 0 Å². The first-order chi connectivity index (χ1) is 11.9. The van der Waals surface area contributed by atoms with E-state index in [-0.39, 0.29) is 29.8 Å². The number of carbonyl (C=O) groups excluding carboxylic acids is 2. The van der Waals surface area contributed by atoms with Crippen LogP contribution in [-0.2, 0) is 19.6 Å². The maximum atomic E-state index is 12.5. The van der Waals surface area contributed by atoms with Gasteiger partial charge in [-0.2, -0.15) is 4.31 Å². The van der Waals surface area contributed by atoms with Crippen molar-refractivity contribution in [2.75, 3.05) is 45.8 Å². The third-order valence-corrected chi connectivity index (χ3v) is 5.81. The molecule has 0 unspecified atom stereocenters. The number of carbonyl (C=O) groups is 2. The summed E-state index contributed by atoms with van der Waals surface area (Å²) >= 11 is 0. The van der Waals surface area contributed by atoms with E-state index in [0.29, 0.717) is 32.7 Å². The molecule has 0 aliphatic carbocycles.